The molecule has 0 aromatic heterocycles. The minimum Gasteiger partial charge on any atom is -0.388 e. The molecule has 2 aromatic carbocycles. The summed E-state index contributed by atoms with van der Waals surface area (Å²) in [6.07, 6.45) is 0. The van der Waals surface area contributed by atoms with Crippen molar-refractivity contribution in [2.24, 2.45) is 0 Å². The lowest BCUT2D eigenvalue weighted by Crippen LogP contribution is -2.14. The fraction of sp³-hybridized carbons (Fsp3) is 0.333. The van der Waals surface area contributed by atoms with Crippen LogP contribution in [0.15, 0.2) is 48.5 Å². The maximum Gasteiger partial charge on any atom is 0.0400 e. The number of nitrogens with one attached hydrogen (secondary N) is 2. The van der Waals surface area contributed by atoms with Gasteiger partial charge >= 0.3 is 0 Å². The molecule has 0 unspecified atom stereocenters. The average Bonchev–Trinajstić information content (AvgIpc) is 2.45. The Morgan fingerprint density at radius 1 is 0.900 bits per heavy atom. The van der Waals surface area contributed by atoms with E-state index in [2.05, 4.69) is 79.9 Å². The van der Waals surface area contributed by atoms with Crippen molar-refractivity contribution in [1.29, 1.82) is 0 Å². The summed E-state index contributed by atoms with van der Waals surface area (Å²) in [4.78, 5) is 0. The predicted octanol–water partition coefficient (Wildman–Crippen LogP) is 4.64. The molecule has 2 nitrogen and oxygen atoms in total. The first kappa shape index (κ1) is 14.4. The molecule has 0 atom stereocenters. The van der Waals surface area contributed by atoms with E-state index < -0.39 is 0 Å². The molecule has 20 heavy (non-hydrogen) atoms. The molecule has 0 spiro atoms. The molecule has 0 aliphatic rings. The van der Waals surface area contributed by atoms with Gasteiger partial charge in [0.2, 0.25) is 0 Å². The Bertz CT molecular complexity index is 550. The molecule has 2 aromatic rings. The van der Waals surface area contributed by atoms with Crippen molar-refractivity contribution < 1.29 is 0 Å². The van der Waals surface area contributed by atoms with Gasteiger partial charge in [0.15, 0.2) is 0 Å². The largest absolute Gasteiger partial charge is 0.388 e. The average molecular weight is 268 g/mol. The molecular weight excluding hydrogens is 244 g/mol. The Kier molecular flexibility index (Phi) is 4.33. The summed E-state index contributed by atoms with van der Waals surface area (Å²) < 4.78 is 0. The van der Waals surface area contributed by atoms with E-state index in [0.717, 1.165) is 12.2 Å². The Labute approximate surface area is 122 Å². The Hall–Kier alpha value is -1.96. The third-order valence-electron chi connectivity index (χ3n) is 3.46. The van der Waals surface area contributed by atoms with E-state index in [1.54, 1.807) is 0 Å². The fourth-order valence-electron chi connectivity index (χ4n) is 2.28. The maximum absolute atomic E-state index is 3.55. The molecule has 0 aliphatic carbocycles. The number of benzene rings is 2. The Balaban J connectivity index is 2.10. The van der Waals surface area contributed by atoms with Crippen LogP contribution < -0.4 is 10.6 Å². The number of anilines is 2. The first-order chi connectivity index (χ1) is 9.50. The molecule has 0 aliphatic heterocycles. The molecular formula is C18H24N2. The summed E-state index contributed by atoms with van der Waals surface area (Å²) in [7, 11) is 1.94. The van der Waals surface area contributed by atoms with Crippen LogP contribution in [0.25, 0.3) is 0 Å². The second kappa shape index (κ2) is 6.00. The van der Waals surface area contributed by atoms with Crippen molar-refractivity contribution in [2.45, 2.75) is 32.7 Å². The highest BCUT2D eigenvalue weighted by Crippen LogP contribution is 2.29. The van der Waals surface area contributed by atoms with Gasteiger partial charge in [0.1, 0.15) is 0 Å². The third-order valence-corrected chi connectivity index (χ3v) is 3.46. The Morgan fingerprint density at radius 2 is 1.55 bits per heavy atom. The van der Waals surface area contributed by atoms with Gasteiger partial charge in [-0.05, 0) is 34.7 Å². The van der Waals surface area contributed by atoms with Crippen LogP contribution in [-0.2, 0) is 12.0 Å². The van der Waals surface area contributed by atoms with Crippen molar-refractivity contribution in [3.8, 4) is 0 Å². The van der Waals surface area contributed by atoms with Gasteiger partial charge in [-0.25, -0.2) is 0 Å². The molecule has 0 fully saturated rings. The van der Waals surface area contributed by atoms with Crippen LogP contribution in [0, 0.1) is 0 Å². The van der Waals surface area contributed by atoms with Gasteiger partial charge in [-0.15, -0.1) is 0 Å². The van der Waals surface area contributed by atoms with E-state index >= 15 is 0 Å². The standard InChI is InChI=1S/C18H24N2/c1-18(2,3)16-7-5-6-8-17(16)20-13-14-9-11-15(19-4)12-10-14/h5-12,19-20H,13H2,1-4H3. The molecule has 2 rings (SSSR count). The van der Waals surface area contributed by atoms with Crippen LogP contribution in [0.5, 0.6) is 0 Å². The van der Waals surface area contributed by atoms with E-state index in [9.17, 15) is 0 Å². The lowest BCUT2D eigenvalue weighted by atomic mass is 9.86. The highest BCUT2D eigenvalue weighted by Gasteiger charge is 2.16. The molecule has 0 bridgehead atoms. The van der Waals surface area contributed by atoms with Gasteiger partial charge in [-0.2, -0.15) is 0 Å². The van der Waals surface area contributed by atoms with Gasteiger partial charge < -0.3 is 10.6 Å². The molecule has 2 heteroatoms. The zero-order valence-corrected chi connectivity index (χ0v) is 12.8. The highest BCUT2D eigenvalue weighted by molar-refractivity contribution is 5.54. The van der Waals surface area contributed by atoms with Crippen LogP contribution in [0.4, 0.5) is 11.4 Å². The third kappa shape index (κ3) is 3.53. The van der Waals surface area contributed by atoms with Crippen LogP contribution >= 0.6 is 0 Å². The summed E-state index contributed by atoms with van der Waals surface area (Å²) in [6, 6.07) is 17.1. The van der Waals surface area contributed by atoms with Crippen molar-refractivity contribution in [2.75, 3.05) is 17.7 Å². The monoisotopic (exact) mass is 268 g/mol. The van der Waals surface area contributed by atoms with Crippen molar-refractivity contribution in [3.63, 3.8) is 0 Å². The fourth-order valence-corrected chi connectivity index (χ4v) is 2.28. The topological polar surface area (TPSA) is 24.1 Å². The number of hydrogen-bond acceptors (Lipinski definition) is 2. The minimum atomic E-state index is 0.152. The first-order valence-corrected chi connectivity index (χ1v) is 7.11. The molecule has 0 saturated carbocycles. The van der Waals surface area contributed by atoms with Gasteiger partial charge in [0, 0.05) is 25.0 Å². The molecule has 106 valence electrons. The van der Waals surface area contributed by atoms with E-state index in [1.807, 2.05) is 7.05 Å². The molecule has 2 N–H and O–H groups in total. The van der Waals surface area contributed by atoms with E-state index in [4.69, 9.17) is 0 Å². The predicted molar refractivity (Wildman–Crippen MR) is 88.5 cm³/mol. The zero-order valence-electron chi connectivity index (χ0n) is 12.8. The van der Waals surface area contributed by atoms with Gasteiger partial charge in [0.05, 0.1) is 0 Å². The van der Waals surface area contributed by atoms with Crippen LogP contribution in [0.1, 0.15) is 31.9 Å². The molecule has 0 saturated heterocycles. The number of rotatable bonds is 4. The lowest BCUT2D eigenvalue weighted by Gasteiger charge is -2.23. The van der Waals surface area contributed by atoms with E-state index in [0.29, 0.717) is 0 Å². The van der Waals surface area contributed by atoms with Gasteiger partial charge in [-0.3, -0.25) is 0 Å². The van der Waals surface area contributed by atoms with Crippen LogP contribution in [0.2, 0.25) is 0 Å². The van der Waals surface area contributed by atoms with Crippen molar-refractivity contribution in [1.82, 2.24) is 0 Å². The van der Waals surface area contributed by atoms with E-state index in [1.165, 1.54) is 16.8 Å². The Morgan fingerprint density at radius 3 is 2.15 bits per heavy atom. The normalized spacial score (nSPS) is 11.2. The quantitative estimate of drug-likeness (QED) is 0.844. The SMILES string of the molecule is CNc1ccc(CNc2ccccc2C(C)(C)C)cc1. The summed E-state index contributed by atoms with van der Waals surface area (Å²) in [6.45, 7) is 7.58. The molecule has 0 radical (unpaired) electrons. The zero-order chi connectivity index (χ0) is 14.6. The number of para-hydroxylation sites is 1. The van der Waals surface area contributed by atoms with Crippen molar-refractivity contribution >= 4 is 11.4 Å². The second-order valence-electron chi connectivity index (χ2n) is 6.10. The van der Waals surface area contributed by atoms with Crippen molar-refractivity contribution in [3.05, 3.63) is 59.7 Å². The number of hydrogen-bond donors (Lipinski definition) is 2. The van der Waals surface area contributed by atoms with E-state index in [-0.39, 0.29) is 5.41 Å². The summed E-state index contributed by atoms with van der Waals surface area (Å²) in [5.74, 6) is 0. The second-order valence-corrected chi connectivity index (χ2v) is 6.10. The maximum atomic E-state index is 3.55. The molecule has 0 amide bonds. The van der Waals surface area contributed by atoms with Gasteiger partial charge in [-0.1, -0.05) is 51.1 Å². The highest BCUT2D eigenvalue weighted by atomic mass is 14.9. The summed E-state index contributed by atoms with van der Waals surface area (Å²) in [5, 5.41) is 6.69. The minimum absolute atomic E-state index is 0.152. The molecule has 0 heterocycles. The first-order valence-electron chi connectivity index (χ1n) is 7.11. The summed E-state index contributed by atoms with van der Waals surface area (Å²) >= 11 is 0. The summed E-state index contributed by atoms with van der Waals surface area (Å²) in [5.41, 5.74) is 5.15. The lowest BCUT2D eigenvalue weighted by molar-refractivity contribution is 0.591. The van der Waals surface area contributed by atoms with Crippen LogP contribution in [0.3, 0.4) is 0 Å². The smallest absolute Gasteiger partial charge is 0.0400 e. The van der Waals surface area contributed by atoms with Crippen LogP contribution in [-0.4, -0.2) is 7.05 Å². The van der Waals surface area contributed by atoms with Gasteiger partial charge in [0.25, 0.3) is 0 Å².